The number of carbonyl (C=O) groups excluding carboxylic acids is 1. The number of hydrogen-bond donors (Lipinski definition) is 0. The molecule has 4 rings (SSSR count). The van der Waals surface area contributed by atoms with E-state index in [0.717, 1.165) is 26.5 Å². The van der Waals surface area contributed by atoms with Gasteiger partial charge in [-0.05, 0) is 34.4 Å². The quantitative estimate of drug-likeness (QED) is 0.392. The molecule has 1 aromatic heterocycles. The zero-order valence-corrected chi connectivity index (χ0v) is 13.9. The predicted molar refractivity (Wildman–Crippen MR) is 91.9 cm³/mol. The number of rotatable bonds is 1. The summed E-state index contributed by atoms with van der Waals surface area (Å²) in [5.74, 6) is 0.0300. The summed E-state index contributed by atoms with van der Waals surface area (Å²) in [6, 6.07) is 11.9. The molecule has 0 bridgehead atoms. The van der Waals surface area contributed by atoms with E-state index in [2.05, 4.69) is 0 Å². The molecule has 0 atom stereocenters. The maximum atomic E-state index is 12.7. The maximum absolute atomic E-state index is 12.7. The fourth-order valence-electron chi connectivity index (χ4n) is 3.35. The van der Waals surface area contributed by atoms with Crippen LogP contribution in [0.2, 0.25) is 0 Å². The number of aromatic nitrogens is 2. The van der Waals surface area contributed by atoms with Crippen LogP contribution in [0, 0.1) is 10.6 Å². The Kier molecular flexibility index (Phi) is 2.97. The van der Waals surface area contributed by atoms with Crippen LogP contribution in [0.3, 0.4) is 0 Å². The van der Waals surface area contributed by atoms with Gasteiger partial charge < -0.3 is 9.94 Å². The molecule has 5 nitrogen and oxygen atoms in total. The van der Waals surface area contributed by atoms with Crippen molar-refractivity contribution in [2.45, 2.75) is 20.3 Å². The largest absolute Gasteiger partial charge is 0.595 e. The third kappa shape index (κ3) is 2.16. The molecule has 122 valence electrons. The highest BCUT2D eigenvalue weighted by molar-refractivity contribution is 6.00. The molecule has 3 aromatic rings. The lowest BCUT2D eigenvalue weighted by Crippen LogP contribution is -2.39. The summed E-state index contributed by atoms with van der Waals surface area (Å²) in [6.07, 6.45) is 2.18. The fraction of sp³-hybridized carbons (Fsp3) is 0.263. The van der Waals surface area contributed by atoms with Gasteiger partial charge in [-0.1, -0.05) is 43.0 Å². The van der Waals surface area contributed by atoms with Crippen molar-refractivity contribution in [1.29, 1.82) is 0 Å². The van der Waals surface area contributed by atoms with Crippen LogP contribution in [0.15, 0.2) is 42.5 Å². The van der Waals surface area contributed by atoms with Crippen molar-refractivity contribution in [3.05, 3.63) is 53.4 Å². The number of hydrogen-bond acceptors (Lipinski definition) is 3. The van der Waals surface area contributed by atoms with Gasteiger partial charge in [0.25, 0.3) is 5.69 Å². The first-order valence-corrected chi connectivity index (χ1v) is 7.91. The second-order valence-corrected chi connectivity index (χ2v) is 7.01. The number of allylic oxidation sites excluding steroid dienone is 1. The molecule has 0 saturated carbocycles. The second-order valence-electron chi connectivity index (χ2n) is 7.01. The summed E-state index contributed by atoms with van der Waals surface area (Å²) in [6.45, 7) is 3.92. The van der Waals surface area contributed by atoms with Gasteiger partial charge in [-0.2, -0.15) is 0 Å². The number of carbonyl (C=O) groups is 1. The highest BCUT2D eigenvalue weighted by Crippen LogP contribution is 2.36. The van der Waals surface area contributed by atoms with E-state index in [0.29, 0.717) is 17.9 Å². The first-order chi connectivity index (χ1) is 11.4. The number of benzene rings is 2. The van der Waals surface area contributed by atoms with Crippen molar-refractivity contribution in [2.24, 2.45) is 12.5 Å². The lowest BCUT2D eigenvalue weighted by atomic mass is 9.86. The summed E-state index contributed by atoms with van der Waals surface area (Å²) in [5.41, 5.74) is 0.856. The highest BCUT2D eigenvalue weighted by Gasteiger charge is 2.34. The van der Waals surface area contributed by atoms with Gasteiger partial charge in [-0.25, -0.2) is 0 Å². The Morgan fingerprint density at radius 2 is 1.88 bits per heavy atom. The summed E-state index contributed by atoms with van der Waals surface area (Å²) in [7, 11) is 1.71. The van der Waals surface area contributed by atoms with Crippen molar-refractivity contribution >= 4 is 33.4 Å². The Labute approximate surface area is 139 Å². The Balaban J connectivity index is 2.05. The molecule has 2 aromatic carbocycles. The summed E-state index contributed by atoms with van der Waals surface area (Å²) < 4.78 is 6.95. The highest BCUT2D eigenvalue weighted by atomic mass is 16.5. The monoisotopic (exact) mass is 322 g/mol. The summed E-state index contributed by atoms with van der Waals surface area (Å²) in [4.78, 5) is 12.7. The smallest absolute Gasteiger partial charge is 0.312 e. The molecular weight excluding hydrogens is 304 g/mol. The van der Waals surface area contributed by atoms with Crippen LogP contribution in [-0.4, -0.2) is 10.7 Å². The van der Waals surface area contributed by atoms with Crippen LogP contribution < -0.4 is 4.85 Å². The van der Waals surface area contributed by atoms with Crippen molar-refractivity contribution in [3.8, 4) is 0 Å². The Morgan fingerprint density at radius 1 is 1.21 bits per heavy atom. The number of nitrogens with zero attached hydrogens (tertiary/aromatic N) is 2. The van der Waals surface area contributed by atoms with Crippen molar-refractivity contribution in [3.63, 3.8) is 0 Å². The number of esters is 1. The zero-order valence-electron chi connectivity index (χ0n) is 13.9. The molecule has 0 radical (unpaired) electrons. The van der Waals surface area contributed by atoms with E-state index in [1.54, 1.807) is 7.05 Å². The molecule has 5 heteroatoms. The first kappa shape index (κ1) is 14.8. The lowest BCUT2D eigenvalue weighted by molar-refractivity contribution is -0.691. The normalized spacial score (nSPS) is 17.1. The van der Waals surface area contributed by atoms with Crippen LogP contribution in [0.5, 0.6) is 0 Å². The number of fused-ring (bicyclic) bond motifs is 2. The minimum absolute atomic E-state index is 0.309. The second kappa shape index (κ2) is 4.84. The SMILES string of the molecule is Cn1c2cc3ccccc3cc2c(C2=CC(C)(C)CC(=O)O2)[n+]1[O-]. The average Bonchev–Trinajstić information content (AvgIpc) is 2.74. The van der Waals surface area contributed by atoms with Gasteiger partial charge in [0, 0.05) is 0 Å². The van der Waals surface area contributed by atoms with Gasteiger partial charge in [-0.3, -0.25) is 4.79 Å². The third-order valence-corrected chi connectivity index (χ3v) is 4.51. The van der Waals surface area contributed by atoms with Crippen molar-refractivity contribution in [1.82, 2.24) is 4.68 Å². The van der Waals surface area contributed by atoms with E-state index in [4.69, 9.17) is 4.74 Å². The minimum atomic E-state index is -0.337. The Bertz CT molecular complexity index is 1030. The van der Waals surface area contributed by atoms with Crippen molar-refractivity contribution < 1.29 is 14.4 Å². The molecule has 0 amide bonds. The van der Waals surface area contributed by atoms with E-state index in [1.807, 2.05) is 56.3 Å². The molecule has 1 aliphatic heterocycles. The molecule has 0 fully saturated rings. The Morgan fingerprint density at radius 3 is 2.54 bits per heavy atom. The van der Waals surface area contributed by atoms with Gasteiger partial charge in [0.15, 0.2) is 0 Å². The predicted octanol–water partition coefficient (Wildman–Crippen LogP) is 3.28. The molecule has 2 heterocycles. The van der Waals surface area contributed by atoms with Crippen LogP contribution in [-0.2, 0) is 16.6 Å². The van der Waals surface area contributed by atoms with E-state index < -0.39 is 0 Å². The molecule has 0 N–H and O–H groups in total. The number of ether oxygens (including phenoxy) is 1. The van der Waals surface area contributed by atoms with E-state index in [-0.39, 0.29) is 11.4 Å². The zero-order chi connectivity index (χ0) is 17.1. The van der Waals surface area contributed by atoms with Crippen LogP contribution in [0.4, 0.5) is 0 Å². The van der Waals surface area contributed by atoms with E-state index in [1.165, 1.54) is 4.68 Å². The molecule has 0 unspecified atom stereocenters. The van der Waals surface area contributed by atoms with Gasteiger partial charge in [0.05, 0.1) is 18.9 Å². The maximum Gasteiger partial charge on any atom is 0.312 e. The van der Waals surface area contributed by atoms with Crippen LogP contribution in [0.25, 0.3) is 27.4 Å². The van der Waals surface area contributed by atoms with Gasteiger partial charge in [0.2, 0.25) is 5.76 Å². The lowest BCUT2D eigenvalue weighted by Gasteiger charge is -2.24. The molecule has 0 spiro atoms. The standard InChI is InChI=1S/C19H18N2O3/c1-19(2)10-16(24-17(22)11-19)18-14-8-12-6-4-5-7-13(12)9-15(14)20(3)21(18)23/h4-10H,11H2,1-3H3. The molecule has 24 heavy (non-hydrogen) atoms. The van der Waals surface area contributed by atoms with Gasteiger partial charge in [0.1, 0.15) is 5.52 Å². The summed E-state index contributed by atoms with van der Waals surface area (Å²) in [5, 5.41) is 15.6. The molecule has 1 aliphatic rings. The summed E-state index contributed by atoms with van der Waals surface area (Å²) >= 11 is 0. The molecule has 0 aliphatic carbocycles. The van der Waals surface area contributed by atoms with Gasteiger partial charge >= 0.3 is 5.97 Å². The average molecular weight is 322 g/mol. The van der Waals surface area contributed by atoms with Crippen LogP contribution in [0.1, 0.15) is 26.0 Å². The van der Waals surface area contributed by atoms with Gasteiger partial charge in [-0.15, -0.1) is 4.68 Å². The van der Waals surface area contributed by atoms with E-state index in [9.17, 15) is 10.0 Å². The van der Waals surface area contributed by atoms with E-state index >= 15 is 0 Å². The Hall–Kier alpha value is -2.82. The number of aryl methyl sites for hydroxylation is 1. The minimum Gasteiger partial charge on any atom is -0.595 e. The first-order valence-electron chi connectivity index (χ1n) is 7.91. The topological polar surface area (TPSA) is 58.2 Å². The number of cyclic esters (lactones) is 1. The molecule has 0 saturated heterocycles. The van der Waals surface area contributed by atoms with Crippen LogP contribution >= 0.6 is 0 Å². The molecular formula is C19H18N2O3. The van der Waals surface area contributed by atoms with Crippen molar-refractivity contribution in [2.75, 3.05) is 0 Å². The third-order valence-electron chi connectivity index (χ3n) is 4.51. The fourth-order valence-corrected chi connectivity index (χ4v) is 3.35.